The Balaban J connectivity index is 0.970. The van der Waals surface area contributed by atoms with Crippen molar-refractivity contribution in [1.29, 1.82) is 0 Å². The lowest BCUT2D eigenvalue weighted by Crippen LogP contribution is -2.32. The first-order valence-corrected chi connectivity index (χ1v) is 26.4. The van der Waals surface area contributed by atoms with Crippen LogP contribution in [0.15, 0.2) is 249 Å². The van der Waals surface area contributed by atoms with Gasteiger partial charge in [0.2, 0.25) is 0 Å². The summed E-state index contributed by atoms with van der Waals surface area (Å²) in [6.45, 7) is 4.75. The van der Waals surface area contributed by atoms with E-state index in [1.807, 2.05) is 0 Å². The molecule has 0 unspecified atom stereocenters. The van der Waals surface area contributed by atoms with Crippen LogP contribution >= 0.6 is 0 Å². The monoisotopic (exact) mass is 953 g/mol. The molecular weight excluding hydrogens is 907 g/mol. The molecule has 1 aliphatic heterocycles. The van der Waals surface area contributed by atoms with Crippen LogP contribution in [0.5, 0.6) is 11.5 Å². The van der Waals surface area contributed by atoms with Gasteiger partial charge in [0.1, 0.15) is 11.5 Å². The fourth-order valence-electron chi connectivity index (χ4n) is 15.1. The first kappa shape index (κ1) is 41.3. The molecular formula is C73H47NO. The van der Waals surface area contributed by atoms with Crippen molar-refractivity contribution in [3.63, 3.8) is 0 Å². The van der Waals surface area contributed by atoms with Crippen LogP contribution in [0.1, 0.15) is 69.5 Å². The molecule has 1 heterocycles. The maximum absolute atomic E-state index is 7.37. The van der Waals surface area contributed by atoms with Gasteiger partial charge in [-0.25, -0.2) is 0 Å². The number of hydrogen-bond donors (Lipinski definition) is 0. The van der Waals surface area contributed by atoms with Crippen LogP contribution in [0.25, 0.3) is 66.1 Å². The van der Waals surface area contributed by atoms with Crippen molar-refractivity contribution in [2.75, 3.05) is 4.90 Å². The molecule has 4 aliphatic carbocycles. The molecule has 12 aromatic rings. The van der Waals surface area contributed by atoms with Crippen LogP contribution < -0.4 is 9.64 Å². The van der Waals surface area contributed by atoms with Gasteiger partial charge in [-0.2, -0.15) is 0 Å². The third-order valence-electron chi connectivity index (χ3n) is 18.1. The molecule has 0 N–H and O–H groups in total. The number of anilines is 3. The Morgan fingerprint density at radius 2 is 0.667 bits per heavy atom. The van der Waals surface area contributed by atoms with E-state index in [1.165, 1.54) is 89.0 Å². The summed E-state index contributed by atoms with van der Waals surface area (Å²) >= 11 is 0. The highest BCUT2D eigenvalue weighted by atomic mass is 16.5. The van der Waals surface area contributed by atoms with Crippen molar-refractivity contribution >= 4 is 38.6 Å². The quantitative estimate of drug-likeness (QED) is 0.175. The van der Waals surface area contributed by atoms with Crippen molar-refractivity contribution in [3.05, 3.63) is 304 Å². The first-order chi connectivity index (χ1) is 37.0. The fourth-order valence-corrected chi connectivity index (χ4v) is 15.1. The summed E-state index contributed by atoms with van der Waals surface area (Å²) in [4.78, 5) is 2.58. The lowest BCUT2D eigenvalue weighted by atomic mass is 9.65. The van der Waals surface area contributed by atoms with Gasteiger partial charge in [-0.05, 0) is 125 Å². The molecule has 2 nitrogen and oxygen atoms in total. The van der Waals surface area contributed by atoms with Gasteiger partial charge in [-0.1, -0.05) is 232 Å². The zero-order chi connectivity index (χ0) is 49.4. The molecule has 17 rings (SSSR count). The standard InChI is InChI=1S/C73H47NO/c1-71(2)57-27-12-7-24-52(57)55-42-46(36-40-58(55)71)74(47-37-41-63-56(43-47)53-25-10-15-30-61(53)72(63)59-28-13-8-22-50(59)51-23-9-14-29-60(51)72)67-33-17-32-64-68(67)54-26-11-16-31-62(54)73(64)65-38-34-44-18-3-5-20-48(44)69(65)75-70-49-21-6-4-19-45(49)35-39-66(70)73/h3-43H,1-2H3. The third-order valence-corrected chi connectivity index (χ3v) is 18.1. The van der Waals surface area contributed by atoms with Crippen LogP contribution in [-0.4, -0.2) is 0 Å². The molecule has 5 aliphatic rings. The Morgan fingerprint density at radius 1 is 0.293 bits per heavy atom. The fraction of sp³-hybridized carbons (Fsp3) is 0.0685. The third kappa shape index (κ3) is 5.00. The highest BCUT2D eigenvalue weighted by Crippen LogP contribution is 2.67. The molecule has 0 amide bonds. The lowest BCUT2D eigenvalue weighted by Gasteiger charge is -2.40. The number of nitrogens with zero attached hydrogens (tertiary/aromatic N) is 1. The van der Waals surface area contributed by atoms with Crippen LogP contribution in [-0.2, 0) is 16.2 Å². The number of hydrogen-bond acceptors (Lipinski definition) is 2. The van der Waals surface area contributed by atoms with E-state index in [-0.39, 0.29) is 5.41 Å². The molecule has 0 radical (unpaired) electrons. The van der Waals surface area contributed by atoms with Gasteiger partial charge in [-0.15, -0.1) is 0 Å². The predicted octanol–water partition coefficient (Wildman–Crippen LogP) is 18.6. The minimum Gasteiger partial charge on any atom is -0.455 e. The SMILES string of the molecule is CC1(C)c2ccccc2-c2cc(N(c3ccc4c(c3)-c3ccccc3C43c4ccccc4-c4ccccc43)c3cccc4c3-c3ccccc3C43c4ccc5ccccc5c4Oc4c3ccc3ccccc43)ccc21. The van der Waals surface area contributed by atoms with E-state index < -0.39 is 10.8 Å². The van der Waals surface area contributed by atoms with Crippen LogP contribution in [0, 0.1) is 0 Å². The molecule has 350 valence electrons. The van der Waals surface area contributed by atoms with Crippen molar-refractivity contribution in [2.24, 2.45) is 0 Å². The highest BCUT2D eigenvalue weighted by Gasteiger charge is 2.54. The maximum atomic E-state index is 7.37. The summed E-state index contributed by atoms with van der Waals surface area (Å²) in [5, 5.41) is 4.54. The first-order valence-electron chi connectivity index (χ1n) is 26.4. The zero-order valence-electron chi connectivity index (χ0n) is 41.5. The van der Waals surface area contributed by atoms with E-state index in [2.05, 4.69) is 267 Å². The molecule has 0 bridgehead atoms. The average Bonchev–Trinajstić information content (AvgIpc) is 4.12. The van der Waals surface area contributed by atoms with Crippen LogP contribution in [0.4, 0.5) is 17.1 Å². The van der Waals surface area contributed by atoms with Gasteiger partial charge >= 0.3 is 0 Å². The molecule has 75 heavy (non-hydrogen) atoms. The second-order valence-electron chi connectivity index (χ2n) is 21.8. The molecule has 0 saturated heterocycles. The maximum Gasteiger partial charge on any atom is 0.140 e. The summed E-state index contributed by atoms with van der Waals surface area (Å²) in [7, 11) is 0. The Bertz CT molecular complexity index is 4380. The smallest absolute Gasteiger partial charge is 0.140 e. The topological polar surface area (TPSA) is 12.5 Å². The lowest BCUT2D eigenvalue weighted by molar-refractivity contribution is 0.447. The molecule has 0 fully saturated rings. The van der Waals surface area contributed by atoms with Crippen molar-refractivity contribution in [3.8, 4) is 56.0 Å². The van der Waals surface area contributed by atoms with Gasteiger partial charge < -0.3 is 9.64 Å². The van der Waals surface area contributed by atoms with Crippen molar-refractivity contribution in [1.82, 2.24) is 0 Å². The summed E-state index contributed by atoms with van der Waals surface area (Å²) in [6, 6.07) is 93.9. The number of fused-ring (bicyclic) bond motifs is 26. The van der Waals surface area contributed by atoms with E-state index >= 15 is 0 Å². The summed E-state index contributed by atoms with van der Waals surface area (Å²) < 4.78 is 7.37. The van der Waals surface area contributed by atoms with E-state index in [9.17, 15) is 0 Å². The van der Waals surface area contributed by atoms with Gasteiger partial charge in [0.05, 0.1) is 16.5 Å². The molecule has 0 aromatic heterocycles. The Kier molecular flexibility index (Phi) is 7.97. The Morgan fingerprint density at radius 3 is 1.24 bits per heavy atom. The summed E-state index contributed by atoms with van der Waals surface area (Å²) in [5.74, 6) is 1.84. The second-order valence-corrected chi connectivity index (χ2v) is 21.8. The molecule has 12 aromatic carbocycles. The Labute approximate surface area is 436 Å². The highest BCUT2D eigenvalue weighted by molar-refractivity contribution is 6.04. The normalized spacial score (nSPS) is 15.2. The molecule has 2 heteroatoms. The largest absolute Gasteiger partial charge is 0.455 e. The minimum absolute atomic E-state index is 0.133. The summed E-state index contributed by atoms with van der Waals surface area (Å²) in [6.07, 6.45) is 0. The van der Waals surface area contributed by atoms with Crippen LogP contribution in [0.2, 0.25) is 0 Å². The summed E-state index contributed by atoms with van der Waals surface area (Å²) in [5.41, 5.74) is 25.2. The predicted molar refractivity (Wildman–Crippen MR) is 307 cm³/mol. The number of ether oxygens (including phenoxy) is 1. The second kappa shape index (κ2) is 14.5. The van der Waals surface area contributed by atoms with Gasteiger partial charge in [0, 0.05) is 44.3 Å². The van der Waals surface area contributed by atoms with Gasteiger partial charge in [-0.3, -0.25) is 0 Å². The van der Waals surface area contributed by atoms with E-state index in [0.29, 0.717) is 0 Å². The molecule has 0 atom stereocenters. The number of benzene rings is 12. The molecule has 0 saturated carbocycles. The molecule has 2 spiro atoms. The zero-order valence-corrected chi connectivity index (χ0v) is 41.5. The van der Waals surface area contributed by atoms with Crippen molar-refractivity contribution in [2.45, 2.75) is 30.1 Å². The van der Waals surface area contributed by atoms with E-state index in [1.54, 1.807) is 0 Å². The van der Waals surface area contributed by atoms with Crippen molar-refractivity contribution < 1.29 is 4.74 Å². The minimum atomic E-state index is -0.696. The van der Waals surface area contributed by atoms with Crippen LogP contribution in [0.3, 0.4) is 0 Å². The van der Waals surface area contributed by atoms with Gasteiger partial charge in [0.25, 0.3) is 0 Å². The van der Waals surface area contributed by atoms with Gasteiger partial charge in [0.15, 0.2) is 0 Å². The van der Waals surface area contributed by atoms with E-state index in [4.69, 9.17) is 4.74 Å². The Hall–Kier alpha value is -9.24. The average molecular weight is 954 g/mol. The number of rotatable bonds is 3. The van der Waals surface area contributed by atoms with E-state index in [0.717, 1.165) is 61.2 Å².